The van der Waals surface area contributed by atoms with Crippen LogP contribution < -0.4 is 5.73 Å². The Bertz CT molecular complexity index is 394. The largest absolute Gasteiger partial charge is 0.382 e. The molecule has 0 saturated heterocycles. The fraction of sp³-hybridized carbons (Fsp3) is 0. The standard InChI is InChI=1S/C6H5BrN4/c7-4-1-2-11-6(9-4)3-5(8)10-11/h1-3H,(H2,8,10). The van der Waals surface area contributed by atoms with E-state index in [9.17, 15) is 0 Å². The molecule has 0 aliphatic carbocycles. The number of halogens is 1. The molecule has 0 fully saturated rings. The summed E-state index contributed by atoms with van der Waals surface area (Å²) in [5, 5.41) is 3.97. The van der Waals surface area contributed by atoms with Gasteiger partial charge in [0.05, 0.1) is 0 Å². The van der Waals surface area contributed by atoms with E-state index in [4.69, 9.17) is 5.73 Å². The summed E-state index contributed by atoms with van der Waals surface area (Å²) in [4.78, 5) is 4.13. The first-order chi connectivity index (χ1) is 5.25. The Labute approximate surface area is 71.2 Å². The van der Waals surface area contributed by atoms with Gasteiger partial charge in [-0.1, -0.05) is 0 Å². The van der Waals surface area contributed by atoms with Gasteiger partial charge in [0.15, 0.2) is 5.65 Å². The fourth-order valence-corrected chi connectivity index (χ4v) is 1.17. The lowest BCUT2D eigenvalue weighted by molar-refractivity contribution is 0.940. The van der Waals surface area contributed by atoms with E-state index in [1.807, 2.05) is 0 Å². The molecule has 0 amide bonds. The number of hydrogen-bond acceptors (Lipinski definition) is 3. The summed E-state index contributed by atoms with van der Waals surface area (Å²) in [6.45, 7) is 0. The van der Waals surface area contributed by atoms with E-state index >= 15 is 0 Å². The summed E-state index contributed by atoms with van der Waals surface area (Å²) in [6, 6.07) is 3.52. The lowest BCUT2D eigenvalue weighted by Crippen LogP contribution is -1.89. The van der Waals surface area contributed by atoms with Crippen LogP contribution >= 0.6 is 15.9 Å². The Morgan fingerprint density at radius 1 is 1.55 bits per heavy atom. The van der Waals surface area contributed by atoms with Crippen LogP contribution in [0.3, 0.4) is 0 Å². The smallest absolute Gasteiger partial charge is 0.158 e. The molecule has 4 nitrogen and oxygen atoms in total. The van der Waals surface area contributed by atoms with E-state index in [1.54, 1.807) is 22.8 Å². The highest BCUT2D eigenvalue weighted by Crippen LogP contribution is 2.09. The lowest BCUT2D eigenvalue weighted by atomic mass is 10.6. The van der Waals surface area contributed by atoms with Gasteiger partial charge < -0.3 is 5.73 Å². The molecule has 0 bridgehead atoms. The maximum absolute atomic E-state index is 5.45. The molecular formula is C6H5BrN4. The van der Waals surface area contributed by atoms with Crippen molar-refractivity contribution in [2.24, 2.45) is 0 Å². The summed E-state index contributed by atoms with van der Waals surface area (Å²) < 4.78 is 2.41. The fourth-order valence-electron chi connectivity index (χ4n) is 0.875. The van der Waals surface area contributed by atoms with Gasteiger partial charge in [-0.2, -0.15) is 0 Å². The second-order valence-corrected chi connectivity index (χ2v) is 2.93. The zero-order chi connectivity index (χ0) is 7.84. The van der Waals surface area contributed by atoms with E-state index in [0.717, 1.165) is 10.3 Å². The minimum Gasteiger partial charge on any atom is -0.382 e. The van der Waals surface area contributed by atoms with E-state index in [2.05, 4.69) is 26.0 Å². The van der Waals surface area contributed by atoms with Crippen molar-refractivity contribution in [3.63, 3.8) is 0 Å². The first-order valence-corrected chi connectivity index (χ1v) is 3.82. The SMILES string of the molecule is Nc1cc2nc(Br)ccn2n1. The highest BCUT2D eigenvalue weighted by molar-refractivity contribution is 9.10. The van der Waals surface area contributed by atoms with Crippen LogP contribution in [0.1, 0.15) is 0 Å². The number of aromatic nitrogens is 3. The third-order valence-corrected chi connectivity index (χ3v) is 1.75. The van der Waals surface area contributed by atoms with Crippen LogP contribution in [-0.2, 0) is 0 Å². The van der Waals surface area contributed by atoms with Crippen LogP contribution in [-0.4, -0.2) is 14.6 Å². The van der Waals surface area contributed by atoms with Gasteiger partial charge in [-0.05, 0) is 22.0 Å². The van der Waals surface area contributed by atoms with E-state index in [-0.39, 0.29) is 0 Å². The zero-order valence-electron chi connectivity index (χ0n) is 5.53. The number of nitrogens with two attached hydrogens (primary N) is 1. The van der Waals surface area contributed by atoms with Crippen LogP contribution in [0.2, 0.25) is 0 Å². The highest BCUT2D eigenvalue weighted by atomic mass is 79.9. The van der Waals surface area contributed by atoms with Crippen molar-refractivity contribution in [2.45, 2.75) is 0 Å². The van der Waals surface area contributed by atoms with Crippen molar-refractivity contribution in [1.82, 2.24) is 14.6 Å². The van der Waals surface area contributed by atoms with Crippen LogP contribution in [0.4, 0.5) is 5.82 Å². The maximum Gasteiger partial charge on any atom is 0.158 e. The Morgan fingerprint density at radius 2 is 2.36 bits per heavy atom. The molecule has 11 heavy (non-hydrogen) atoms. The van der Waals surface area contributed by atoms with E-state index in [1.165, 1.54) is 0 Å². The van der Waals surface area contributed by atoms with Crippen molar-refractivity contribution >= 4 is 27.4 Å². The van der Waals surface area contributed by atoms with Gasteiger partial charge in [-0.15, -0.1) is 5.10 Å². The Kier molecular flexibility index (Phi) is 1.32. The maximum atomic E-state index is 5.45. The minimum atomic E-state index is 0.482. The summed E-state index contributed by atoms with van der Waals surface area (Å²) >= 11 is 3.25. The number of rotatable bonds is 0. The zero-order valence-corrected chi connectivity index (χ0v) is 7.12. The molecule has 2 heterocycles. The number of fused-ring (bicyclic) bond motifs is 1. The summed E-state index contributed by atoms with van der Waals surface area (Å²) in [5.74, 6) is 0.482. The molecule has 2 rings (SSSR count). The average Bonchev–Trinajstić information content (AvgIpc) is 2.27. The van der Waals surface area contributed by atoms with Gasteiger partial charge in [0.25, 0.3) is 0 Å². The first-order valence-electron chi connectivity index (χ1n) is 3.03. The van der Waals surface area contributed by atoms with E-state index in [0.29, 0.717) is 5.82 Å². The molecule has 0 unspecified atom stereocenters. The Balaban J connectivity index is 2.82. The van der Waals surface area contributed by atoms with Crippen LogP contribution in [0.25, 0.3) is 5.65 Å². The number of anilines is 1. The molecule has 2 aromatic rings. The van der Waals surface area contributed by atoms with Crippen molar-refractivity contribution in [1.29, 1.82) is 0 Å². The van der Waals surface area contributed by atoms with Crippen molar-refractivity contribution in [2.75, 3.05) is 5.73 Å². The summed E-state index contributed by atoms with van der Waals surface area (Å²) in [5.41, 5.74) is 6.20. The van der Waals surface area contributed by atoms with Gasteiger partial charge in [-0.3, -0.25) is 0 Å². The molecule has 56 valence electrons. The third kappa shape index (κ3) is 1.07. The molecule has 5 heteroatoms. The normalized spacial score (nSPS) is 10.6. The molecule has 2 N–H and O–H groups in total. The number of nitrogens with zero attached hydrogens (tertiary/aromatic N) is 3. The van der Waals surface area contributed by atoms with Gasteiger partial charge in [0, 0.05) is 12.3 Å². The quantitative estimate of drug-likeness (QED) is 0.666. The van der Waals surface area contributed by atoms with Crippen molar-refractivity contribution in [3.8, 4) is 0 Å². The molecule has 0 atom stereocenters. The monoisotopic (exact) mass is 212 g/mol. The average molecular weight is 213 g/mol. The molecule has 0 aromatic carbocycles. The first kappa shape index (κ1) is 6.60. The topological polar surface area (TPSA) is 56.2 Å². The second-order valence-electron chi connectivity index (χ2n) is 2.12. The van der Waals surface area contributed by atoms with Gasteiger partial charge >= 0.3 is 0 Å². The predicted octanol–water partition coefficient (Wildman–Crippen LogP) is 1.07. The molecule has 0 spiro atoms. The van der Waals surface area contributed by atoms with Crippen LogP contribution in [0, 0.1) is 0 Å². The Morgan fingerprint density at radius 3 is 3.18 bits per heavy atom. The number of nitrogen functional groups attached to an aromatic ring is 1. The van der Waals surface area contributed by atoms with Crippen molar-refractivity contribution in [3.05, 3.63) is 22.9 Å². The van der Waals surface area contributed by atoms with Gasteiger partial charge in [0.1, 0.15) is 10.4 Å². The van der Waals surface area contributed by atoms with Crippen LogP contribution in [0.15, 0.2) is 22.9 Å². The van der Waals surface area contributed by atoms with Gasteiger partial charge in [-0.25, -0.2) is 9.50 Å². The molecule has 0 saturated carbocycles. The lowest BCUT2D eigenvalue weighted by Gasteiger charge is -1.90. The molecular weight excluding hydrogens is 208 g/mol. The van der Waals surface area contributed by atoms with Crippen LogP contribution in [0.5, 0.6) is 0 Å². The minimum absolute atomic E-state index is 0.482. The predicted molar refractivity (Wildman–Crippen MR) is 45.1 cm³/mol. The number of hydrogen-bond donors (Lipinski definition) is 1. The molecule has 2 aromatic heterocycles. The molecule has 0 radical (unpaired) electrons. The highest BCUT2D eigenvalue weighted by Gasteiger charge is 1.97. The summed E-state index contributed by atoms with van der Waals surface area (Å²) in [7, 11) is 0. The molecule has 0 aliphatic heterocycles. The Hall–Kier alpha value is -1.10. The van der Waals surface area contributed by atoms with Crippen molar-refractivity contribution < 1.29 is 0 Å². The summed E-state index contributed by atoms with van der Waals surface area (Å²) in [6.07, 6.45) is 1.79. The van der Waals surface area contributed by atoms with Gasteiger partial charge in [0.2, 0.25) is 0 Å². The van der Waals surface area contributed by atoms with E-state index < -0.39 is 0 Å². The molecule has 0 aliphatic rings. The third-order valence-electron chi connectivity index (χ3n) is 1.31. The second kappa shape index (κ2) is 2.20.